The van der Waals surface area contributed by atoms with E-state index in [-0.39, 0.29) is 6.61 Å². The predicted molar refractivity (Wildman–Crippen MR) is 120 cm³/mol. The first-order chi connectivity index (χ1) is 14.8. The lowest BCUT2D eigenvalue weighted by Crippen LogP contribution is -2.20. The fraction of sp³-hybridized carbons (Fsp3) is 0.174. The van der Waals surface area contributed by atoms with Crippen molar-refractivity contribution < 1.29 is 9.84 Å². The Morgan fingerprint density at radius 3 is 2.70 bits per heavy atom. The largest absolute Gasteiger partial charge is 0.490 e. The van der Waals surface area contributed by atoms with Gasteiger partial charge in [0.15, 0.2) is 11.0 Å². The molecule has 152 valence electrons. The molecule has 0 unspecified atom stereocenters. The summed E-state index contributed by atoms with van der Waals surface area (Å²) in [5, 5.41) is 21.9. The van der Waals surface area contributed by atoms with E-state index >= 15 is 0 Å². The Morgan fingerprint density at radius 2 is 1.87 bits per heavy atom. The molecule has 2 aromatic heterocycles. The second-order valence-corrected chi connectivity index (χ2v) is 7.68. The zero-order valence-electron chi connectivity index (χ0n) is 16.4. The van der Waals surface area contributed by atoms with Crippen molar-refractivity contribution in [3.05, 3.63) is 79.6 Å². The van der Waals surface area contributed by atoms with Crippen LogP contribution in [0.4, 0.5) is 0 Å². The SMILES string of the molecule is C=CCn1c(SC[C@@H](O)COc2cccc3ccccc23)nnc1-c1ccncc1. The second-order valence-electron chi connectivity index (χ2n) is 6.69. The first-order valence-electron chi connectivity index (χ1n) is 9.62. The number of aliphatic hydroxyl groups is 1. The Bertz CT molecular complexity index is 1130. The molecule has 4 rings (SSSR count). The van der Waals surface area contributed by atoms with E-state index < -0.39 is 6.10 Å². The molecule has 0 bridgehead atoms. The molecule has 0 saturated heterocycles. The molecule has 6 nitrogen and oxygen atoms in total. The van der Waals surface area contributed by atoms with Gasteiger partial charge in [-0.25, -0.2) is 0 Å². The van der Waals surface area contributed by atoms with Crippen LogP contribution in [0.1, 0.15) is 0 Å². The van der Waals surface area contributed by atoms with Gasteiger partial charge in [0.25, 0.3) is 0 Å². The highest BCUT2D eigenvalue weighted by Gasteiger charge is 2.16. The van der Waals surface area contributed by atoms with Crippen LogP contribution in [-0.2, 0) is 6.54 Å². The van der Waals surface area contributed by atoms with Crippen molar-refractivity contribution in [1.29, 1.82) is 0 Å². The smallest absolute Gasteiger partial charge is 0.191 e. The highest BCUT2D eigenvalue weighted by atomic mass is 32.2. The fourth-order valence-electron chi connectivity index (χ4n) is 3.13. The Balaban J connectivity index is 1.41. The van der Waals surface area contributed by atoms with Gasteiger partial charge in [-0.1, -0.05) is 54.2 Å². The summed E-state index contributed by atoms with van der Waals surface area (Å²) in [6.45, 7) is 4.61. The monoisotopic (exact) mass is 418 g/mol. The molecule has 30 heavy (non-hydrogen) atoms. The maximum absolute atomic E-state index is 10.5. The summed E-state index contributed by atoms with van der Waals surface area (Å²) in [7, 11) is 0. The Labute approximate surface area is 179 Å². The van der Waals surface area contributed by atoms with Gasteiger partial charge in [0.1, 0.15) is 12.4 Å². The van der Waals surface area contributed by atoms with Crippen molar-refractivity contribution in [3.8, 4) is 17.1 Å². The van der Waals surface area contributed by atoms with Gasteiger partial charge in [-0.15, -0.1) is 16.8 Å². The number of rotatable bonds is 9. The lowest BCUT2D eigenvalue weighted by atomic mass is 10.1. The number of thioether (sulfide) groups is 1. The van der Waals surface area contributed by atoms with Crippen molar-refractivity contribution in [2.75, 3.05) is 12.4 Å². The molecule has 0 amide bonds. The van der Waals surface area contributed by atoms with Gasteiger partial charge in [0, 0.05) is 35.6 Å². The van der Waals surface area contributed by atoms with Crippen LogP contribution in [0.5, 0.6) is 5.75 Å². The molecule has 0 aliphatic heterocycles. The van der Waals surface area contributed by atoms with Gasteiger partial charge in [0.05, 0.1) is 6.10 Å². The van der Waals surface area contributed by atoms with Crippen LogP contribution in [0.3, 0.4) is 0 Å². The van der Waals surface area contributed by atoms with Gasteiger partial charge < -0.3 is 9.84 Å². The third-order valence-corrected chi connectivity index (χ3v) is 5.66. The first kappa shape index (κ1) is 20.1. The van der Waals surface area contributed by atoms with Gasteiger partial charge in [0.2, 0.25) is 0 Å². The van der Waals surface area contributed by atoms with E-state index in [0.29, 0.717) is 12.3 Å². The molecule has 2 heterocycles. The first-order valence-corrected chi connectivity index (χ1v) is 10.6. The lowest BCUT2D eigenvalue weighted by Gasteiger charge is -2.14. The van der Waals surface area contributed by atoms with E-state index in [1.54, 1.807) is 18.5 Å². The summed E-state index contributed by atoms with van der Waals surface area (Å²) >= 11 is 1.45. The van der Waals surface area contributed by atoms with Crippen LogP contribution in [-0.4, -0.2) is 43.3 Å². The van der Waals surface area contributed by atoms with Gasteiger partial charge in [-0.05, 0) is 23.6 Å². The van der Waals surface area contributed by atoms with E-state index in [2.05, 4.69) is 21.8 Å². The minimum Gasteiger partial charge on any atom is -0.490 e. The minimum atomic E-state index is -0.646. The average molecular weight is 419 g/mol. The number of hydrogen-bond acceptors (Lipinski definition) is 6. The van der Waals surface area contributed by atoms with Gasteiger partial charge in [-0.2, -0.15) is 0 Å². The molecule has 0 aliphatic rings. The highest BCUT2D eigenvalue weighted by Crippen LogP contribution is 2.26. The van der Waals surface area contributed by atoms with E-state index in [4.69, 9.17) is 4.74 Å². The molecule has 0 saturated carbocycles. The summed E-state index contributed by atoms with van der Waals surface area (Å²) in [5.74, 6) is 1.96. The van der Waals surface area contributed by atoms with Crippen LogP contribution in [0.15, 0.2) is 84.8 Å². The molecule has 1 N–H and O–H groups in total. The zero-order chi connectivity index (χ0) is 20.8. The standard InChI is InChI=1S/C23H22N4O2S/c1-2-14-27-22(18-10-12-24-13-11-18)25-26-23(27)30-16-19(28)15-29-21-9-5-7-17-6-3-4-8-20(17)21/h2-13,19,28H,1,14-16H2/t19-/m0/s1. The van der Waals surface area contributed by atoms with Crippen molar-refractivity contribution in [2.45, 2.75) is 17.8 Å². The molecule has 0 spiro atoms. The molecular weight excluding hydrogens is 396 g/mol. The van der Waals surface area contributed by atoms with E-state index in [1.165, 1.54) is 11.8 Å². The number of benzene rings is 2. The maximum atomic E-state index is 10.5. The number of nitrogens with zero attached hydrogens (tertiary/aromatic N) is 4. The molecule has 1 atom stereocenters. The molecule has 0 aliphatic carbocycles. The zero-order valence-corrected chi connectivity index (χ0v) is 17.2. The van der Waals surface area contributed by atoms with Crippen molar-refractivity contribution in [3.63, 3.8) is 0 Å². The third-order valence-electron chi connectivity index (χ3n) is 4.55. The number of hydrogen-bond donors (Lipinski definition) is 1. The quantitative estimate of drug-likeness (QED) is 0.324. The topological polar surface area (TPSA) is 73.1 Å². The molecule has 4 aromatic rings. The predicted octanol–water partition coefficient (Wildman–Crippen LogP) is 4.21. The van der Waals surface area contributed by atoms with E-state index in [0.717, 1.165) is 33.1 Å². The van der Waals surface area contributed by atoms with E-state index in [9.17, 15) is 5.11 Å². The Hall–Kier alpha value is -3.16. The van der Waals surface area contributed by atoms with Crippen molar-refractivity contribution >= 4 is 22.5 Å². The molecule has 2 aromatic carbocycles. The van der Waals surface area contributed by atoms with Gasteiger partial charge >= 0.3 is 0 Å². The Morgan fingerprint density at radius 1 is 1.07 bits per heavy atom. The Kier molecular flexibility index (Phi) is 6.41. The molecule has 7 heteroatoms. The molecule has 0 fully saturated rings. The summed E-state index contributed by atoms with van der Waals surface area (Å²) in [4.78, 5) is 4.05. The fourth-order valence-corrected chi connectivity index (χ4v) is 3.98. The van der Waals surface area contributed by atoms with Crippen molar-refractivity contribution in [2.24, 2.45) is 0 Å². The van der Waals surface area contributed by atoms with Gasteiger partial charge in [-0.3, -0.25) is 9.55 Å². The third kappa shape index (κ3) is 4.53. The lowest BCUT2D eigenvalue weighted by molar-refractivity contribution is 0.127. The van der Waals surface area contributed by atoms with Crippen LogP contribution in [0.25, 0.3) is 22.2 Å². The average Bonchev–Trinajstić information content (AvgIpc) is 3.19. The number of aliphatic hydroxyl groups excluding tert-OH is 1. The van der Waals surface area contributed by atoms with Crippen LogP contribution < -0.4 is 4.74 Å². The highest BCUT2D eigenvalue weighted by molar-refractivity contribution is 7.99. The molecular formula is C23H22N4O2S. The molecule has 0 radical (unpaired) electrons. The number of ether oxygens (including phenoxy) is 1. The van der Waals surface area contributed by atoms with E-state index in [1.807, 2.05) is 59.2 Å². The number of fused-ring (bicyclic) bond motifs is 1. The summed E-state index contributed by atoms with van der Waals surface area (Å²) in [5.41, 5.74) is 0.936. The number of aromatic nitrogens is 4. The maximum Gasteiger partial charge on any atom is 0.191 e. The normalized spacial score (nSPS) is 12.0. The summed E-state index contributed by atoms with van der Waals surface area (Å²) < 4.78 is 7.87. The summed E-state index contributed by atoms with van der Waals surface area (Å²) in [6, 6.07) is 17.7. The summed E-state index contributed by atoms with van der Waals surface area (Å²) in [6.07, 6.45) is 4.61. The van der Waals surface area contributed by atoms with Crippen LogP contribution in [0.2, 0.25) is 0 Å². The number of allylic oxidation sites excluding steroid dienone is 1. The van der Waals surface area contributed by atoms with Crippen LogP contribution >= 0.6 is 11.8 Å². The second kappa shape index (κ2) is 9.56. The van der Waals surface area contributed by atoms with Crippen molar-refractivity contribution in [1.82, 2.24) is 19.7 Å². The van der Waals surface area contributed by atoms with Crippen LogP contribution in [0, 0.1) is 0 Å². The number of pyridine rings is 1. The minimum absolute atomic E-state index is 0.202.